The van der Waals surface area contributed by atoms with Crippen LogP contribution in [0.15, 0.2) is 35.2 Å². The largest absolute Gasteiger partial charge is 0.497 e. The third-order valence-corrected chi connectivity index (χ3v) is 6.67. The fourth-order valence-corrected chi connectivity index (χ4v) is 4.47. The van der Waals surface area contributed by atoms with E-state index in [2.05, 4.69) is 10.6 Å². The molecular weight excluding hydrogens is 450 g/mol. The Morgan fingerprint density at radius 1 is 1.26 bits per heavy atom. The number of anilines is 2. The van der Waals surface area contributed by atoms with Crippen molar-refractivity contribution in [1.29, 1.82) is 0 Å². The van der Waals surface area contributed by atoms with E-state index in [4.69, 9.17) is 25.8 Å². The number of halogens is 1. The zero-order chi connectivity index (χ0) is 22.8. The van der Waals surface area contributed by atoms with Crippen LogP contribution in [-0.2, 0) is 19.6 Å². The number of benzene rings is 2. The van der Waals surface area contributed by atoms with Gasteiger partial charge < -0.3 is 24.8 Å². The maximum atomic E-state index is 13.0. The van der Waals surface area contributed by atoms with Crippen LogP contribution >= 0.6 is 11.6 Å². The van der Waals surface area contributed by atoms with Gasteiger partial charge in [-0.15, -0.1) is 0 Å². The van der Waals surface area contributed by atoms with Gasteiger partial charge in [0.25, 0.3) is 5.91 Å². The minimum atomic E-state index is -4.13. The Bertz CT molecular complexity index is 1140. The van der Waals surface area contributed by atoms with Crippen LogP contribution in [0, 0.1) is 0 Å². The Morgan fingerprint density at radius 2 is 2.00 bits per heavy atom. The van der Waals surface area contributed by atoms with Gasteiger partial charge in [0, 0.05) is 19.2 Å². The van der Waals surface area contributed by atoms with Crippen LogP contribution in [0.5, 0.6) is 17.2 Å². The van der Waals surface area contributed by atoms with Crippen LogP contribution in [-0.4, -0.2) is 59.0 Å². The fraction of sp³-hybridized carbons (Fsp3) is 0.263. The number of amides is 2. The summed E-state index contributed by atoms with van der Waals surface area (Å²) in [6.07, 6.45) is 0. The molecule has 31 heavy (non-hydrogen) atoms. The van der Waals surface area contributed by atoms with Crippen LogP contribution in [0.3, 0.4) is 0 Å². The smallest absolute Gasteiger partial charge is 0.262 e. The zero-order valence-electron chi connectivity index (χ0n) is 16.9. The van der Waals surface area contributed by atoms with E-state index in [9.17, 15) is 18.0 Å². The molecule has 0 saturated carbocycles. The average Bonchev–Trinajstić information content (AvgIpc) is 2.73. The number of sulfonamides is 1. The highest BCUT2D eigenvalue weighted by atomic mass is 35.5. The molecule has 2 aromatic rings. The van der Waals surface area contributed by atoms with Gasteiger partial charge in [0.1, 0.15) is 22.1 Å². The molecule has 0 unspecified atom stereocenters. The Morgan fingerprint density at radius 3 is 2.68 bits per heavy atom. The molecule has 166 valence electrons. The van der Waals surface area contributed by atoms with E-state index < -0.39 is 22.5 Å². The standard InChI is InChI=1S/C19H20ClN3O7S/c1-23(9-18(24)21-13-5-4-11(28-2)6-15(13)29-3)31(26,27)17-8-16-14(7-12(17)20)22-19(25)10-30-16/h4-8H,9-10H2,1-3H3,(H,21,24)(H,22,25). The number of hydrogen-bond acceptors (Lipinski definition) is 7. The monoisotopic (exact) mass is 469 g/mol. The van der Waals surface area contributed by atoms with Crippen molar-refractivity contribution in [3.63, 3.8) is 0 Å². The summed E-state index contributed by atoms with van der Waals surface area (Å²) in [6.45, 7) is -0.724. The van der Waals surface area contributed by atoms with Crippen LogP contribution in [0.4, 0.5) is 11.4 Å². The van der Waals surface area contributed by atoms with Gasteiger partial charge in [-0.05, 0) is 18.2 Å². The van der Waals surface area contributed by atoms with Crippen molar-refractivity contribution in [3.05, 3.63) is 35.4 Å². The third kappa shape index (κ3) is 4.84. The van der Waals surface area contributed by atoms with E-state index in [-0.39, 0.29) is 33.9 Å². The van der Waals surface area contributed by atoms with Crippen molar-refractivity contribution in [2.75, 3.05) is 45.1 Å². The number of nitrogens with one attached hydrogen (secondary N) is 2. The van der Waals surface area contributed by atoms with Crippen molar-refractivity contribution in [1.82, 2.24) is 4.31 Å². The van der Waals surface area contributed by atoms with Gasteiger partial charge in [0.2, 0.25) is 15.9 Å². The number of rotatable bonds is 7. The first kappa shape index (κ1) is 22.7. The summed E-state index contributed by atoms with van der Waals surface area (Å²) in [4.78, 5) is 23.6. The van der Waals surface area contributed by atoms with Crippen LogP contribution < -0.4 is 24.8 Å². The zero-order valence-corrected chi connectivity index (χ0v) is 18.5. The Kier molecular flexibility index (Phi) is 6.58. The summed E-state index contributed by atoms with van der Waals surface area (Å²) in [5.41, 5.74) is 0.627. The average molecular weight is 470 g/mol. The molecule has 2 aromatic carbocycles. The SMILES string of the molecule is COc1ccc(NC(=O)CN(C)S(=O)(=O)c2cc3c(cc2Cl)NC(=O)CO3)c(OC)c1. The first-order chi connectivity index (χ1) is 14.6. The van der Waals surface area contributed by atoms with Crippen molar-refractivity contribution in [3.8, 4) is 17.2 Å². The Labute approximate surface area is 184 Å². The van der Waals surface area contributed by atoms with Crippen LogP contribution in [0.1, 0.15) is 0 Å². The molecule has 0 fully saturated rings. The highest BCUT2D eigenvalue weighted by molar-refractivity contribution is 7.89. The summed E-state index contributed by atoms with van der Waals surface area (Å²) < 4.78 is 42.4. The number of likely N-dealkylation sites (N-methyl/N-ethyl adjacent to an activating group) is 1. The second kappa shape index (κ2) is 9.00. The second-order valence-corrected chi connectivity index (χ2v) is 8.91. The molecule has 0 radical (unpaired) electrons. The highest BCUT2D eigenvalue weighted by Gasteiger charge is 2.29. The lowest BCUT2D eigenvalue weighted by atomic mass is 10.2. The molecule has 0 saturated heterocycles. The van der Waals surface area contributed by atoms with Gasteiger partial charge in [0.15, 0.2) is 6.61 Å². The lowest BCUT2D eigenvalue weighted by Gasteiger charge is -2.22. The molecule has 2 N–H and O–H groups in total. The molecule has 2 amide bonds. The normalized spacial score (nSPS) is 13.1. The quantitative estimate of drug-likeness (QED) is 0.635. The number of hydrogen-bond donors (Lipinski definition) is 2. The number of nitrogens with zero attached hydrogens (tertiary/aromatic N) is 1. The van der Waals surface area contributed by atoms with E-state index in [0.29, 0.717) is 17.2 Å². The highest BCUT2D eigenvalue weighted by Crippen LogP contribution is 2.36. The van der Waals surface area contributed by atoms with Crippen molar-refractivity contribution in [2.45, 2.75) is 4.90 Å². The second-order valence-electron chi connectivity index (χ2n) is 6.49. The maximum absolute atomic E-state index is 13.0. The first-order valence-electron chi connectivity index (χ1n) is 8.90. The van der Waals surface area contributed by atoms with Gasteiger partial charge in [-0.2, -0.15) is 4.31 Å². The number of carbonyl (C=O) groups is 2. The molecule has 1 aliphatic rings. The molecule has 0 atom stereocenters. The van der Waals surface area contributed by atoms with Gasteiger partial charge >= 0.3 is 0 Å². The van der Waals surface area contributed by atoms with Crippen LogP contribution in [0.25, 0.3) is 0 Å². The fourth-order valence-electron chi connectivity index (χ4n) is 2.83. The molecular formula is C19H20ClN3O7S. The molecule has 0 spiro atoms. The number of carbonyl (C=O) groups excluding carboxylic acids is 2. The molecule has 12 heteroatoms. The molecule has 0 aliphatic carbocycles. The molecule has 10 nitrogen and oxygen atoms in total. The van der Waals surface area contributed by atoms with E-state index in [1.807, 2.05) is 0 Å². The summed E-state index contributed by atoms with van der Waals surface area (Å²) in [6, 6.07) is 7.30. The molecule has 0 aromatic heterocycles. The summed E-state index contributed by atoms with van der Waals surface area (Å²) in [7, 11) is 0.0466. The van der Waals surface area contributed by atoms with Gasteiger partial charge in [-0.3, -0.25) is 9.59 Å². The van der Waals surface area contributed by atoms with Gasteiger partial charge in [0.05, 0.1) is 37.2 Å². The van der Waals surface area contributed by atoms with E-state index in [1.54, 1.807) is 18.2 Å². The molecule has 3 rings (SSSR count). The third-order valence-electron chi connectivity index (χ3n) is 4.40. The minimum Gasteiger partial charge on any atom is -0.497 e. The molecule has 1 aliphatic heterocycles. The number of methoxy groups -OCH3 is 2. The predicted octanol–water partition coefficient (Wildman–Crippen LogP) is 1.95. The van der Waals surface area contributed by atoms with E-state index in [1.165, 1.54) is 33.4 Å². The Balaban J connectivity index is 1.77. The molecule has 0 bridgehead atoms. The summed E-state index contributed by atoms with van der Waals surface area (Å²) in [5.74, 6) is 0.0996. The molecule has 1 heterocycles. The maximum Gasteiger partial charge on any atom is 0.262 e. The van der Waals surface area contributed by atoms with Gasteiger partial charge in [-0.25, -0.2) is 8.42 Å². The van der Waals surface area contributed by atoms with Gasteiger partial charge in [-0.1, -0.05) is 11.6 Å². The summed E-state index contributed by atoms with van der Waals surface area (Å²) >= 11 is 6.13. The summed E-state index contributed by atoms with van der Waals surface area (Å²) in [5, 5.41) is 5.03. The van der Waals surface area contributed by atoms with E-state index in [0.717, 1.165) is 4.31 Å². The number of ether oxygens (including phenoxy) is 3. The van der Waals surface area contributed by atoms with Crippen molar-refractivity contribution >= 4 is 44.8 Å². The topological polar surface area (TPSA) is 123 Å². The lowest BCUT2D eigenvalue weighted by Crippen LogP contribution is -2.35. The minimum absolute atomic E-state index is 0.117. The van der Waals surface area contributed by atoms with E-state index >= 15 is 0 Å². The lowest BCUT2D eigenvalue weighted by molar-refractivity contribution is -0.118. The predicted molar refractivity (Wildman–Crippen MR) is 114 cm³/mol. The van der Waals surface area contributed by atoms with Crippen LogP contribution in [0.2, 0.25) is 5.02 Å². The number of fused-ring (bicyclic) bond motifs is 1. The van der Waals surface area contributed by atoms with Crippen molar-refractivity contribution < 1.29 is 32.2 Å². The van der Waals surface area contributed by atoms with Crippen molar-refractivity contribution in [2.24, 2.45) is 0 Å². The Hall–Kier alpha value is -3.02. The first-order valence-corrected chi connectivity index (χ1v) is 10.7.